The van der Waals surface area contributed by atoms with Crippen LogP contribution >= 0.6 is 0 Å². The van der Waals surface area contributed by atoms with Gasteiger partial charge in [-0.3, -0.25) is 0 Å². The van der Waals surface area contributed by atoms with Gasteiger partial charge in [-0.2, -0.15) is 21.6 Å². The first-order valence-electron chi connectivity index (χ1n) is 32.6. The van der Waals surface area contributed by atoms with E-state index in [2.05, 4.69) is 229 Å². The number of hydrogen-bond donors (Lipinski definition) is 2. The highest BCUT2D eigenvalue weighted by Crippen LogP contribution is 2.48. The molecule has 0 saturated carbocycles. The molecule has 474 valence electrons. The molecule has 0 bridgehead atoms. The minimum absolute atomic E-state index is 0.405. The van der Waals surface area contributed by atoms with Crippen LogP contribution in [0.15, 0.2) is 340 Å². The summed E-state index contributed by atoms with van der Waals surface area (Å²) in [6.07, 6.45) is 0. The van der Waals surface area contributed by atoms with Crippen LogP contribution in [-0.2, 0) is 10.1 Å². The summed E-state index contributed by atoms with van der Waals surface area (Å²) >= 11 is 0. The Hall–Kier alpha value is -11.9. The maximum absolute atomic E-state index is 12.9. The Bertz CT molecular complexity index is 6220. The molecule has 0 amide bonds. The summed E-state index contributed by atoms with van der Waals surface area (Å²) < 4.78 is 66.5. The topological polar surface area (TPSA) is 83.8 Å². The van der Waals surface area contributed by atoms with Gasteiger partial charge in [0.1, 0.15) is 5.75 Å². The first-order valence-corrected chi connectivity index (χ1v) is 34.0. The number of rotatable bonds is 8. The van der Waals surface area contributed by atoms with E-state index in [0.29, 0.717) is 10.8 Å². The summed E-state index contributed by atoms with van der Waals surface area (Å²) in [5.74, 6) is -0.405. The molecule has 0 aliphatic carbocycles. The van der Waals surface area contributed by atoms with Crippen molar-refractivity contribution < 1.29 is 35.8 Å². The fourth-order valence-electron chi connectivity index (χ4n) is 14.3. The zero-order chi connectivity index (χ0) is 67.4. The highest BCUT2D eigenvalue weighted by Gasteiger charge is 2.48. The van der Waals surface area contributed by atoms with Crippen molar-refractivity contribution in [2.45, 2.75) is 5.51 Å². The SMILES string of the molecule is O=S(=O)(Oc1ccc2ccc(-c3c4ccccc4c(-c4cccc5ccccc45)c4ccccc34)cc2c1)C(F)(F)F.OB(O)c1ccc2ccccc2c1.c1ccc2cc(-c3ccc4ccc(-c5c6ccccc6c(-c6cccc7ccccc67)c6ccccc56)cc4c3)ccc2c1. The van der Waals surface area contributed by atoms with Gasteiger partial charge in [-0.05, 0) is 205 Å². The van der Waals surface area contributed by atoms with Gasteiger partial charge in [0.25, 0.3) is 0 Å². The van der Waals surface area contributed by atoms with Gasteiger partial charge in [0.15, 0.2) is 0 Å². The van der Waals surface area contributed by atoms with Crippen LogP contribution in [-0.4, -0.2) is 31.1 Å². The van der Waals surface area contributed by atoms with E-state index >= 15 is 0 Å². The third-order valence-corrected chi connectivity index (χ3v) is 19.8. The maximum atomic E-state index is 12.9. The van der Waals surface area contributed by atoms with Gasteiger partial charge >= 0.3 is 22.7 Å². The summed E-state index contributed by atoms with van der Waals surface area (Å²) in [4.78, 5) is 0. The summed E-state index contributed by atoms with van der Waals surface area (Å²) in [6, 6.07) is 116. The van der Waals surface area contributed by atoms with Crippen LogP contribution in [0, 0.1) is 0 Å². The molecule has 99 heavy (non-hydrogen) atoms. The molecule has 18 rings (SSSR count). The lowest BCUT2D eigenvalue weighted by Gasteiger charge is -2.19. The number of hydrogen-bond acceptors (Lipinski definition) is 5. The van der Waals surface area contributed by atoms with Crippen LogP contribution in [0.3, 0.4) is 0 Å². The molecule has 0 radical (unpaired) electrons. The van der Waals surface area contributed by atoms with Crippen molar-refractivity contribution in [1.29, 1.82) is 0 Å². The average molecular weight is 1310 g/mol. The van der Waals surface area contributed by atoms with Gasteiger partial charge < -0.3 is 14.2 Å². The molecule has 0 fully saturated rings. The fourth-order valence-corrected chi connectivity index (χ4v) is 14.7. The molecular formula is C89H58BF3O5S. The molecule has 5 nitrogen and oxygen atoms in total. The summed E-state index contributed by atoms with van der Waals surface area (Å²) in [5, 5.41) is 40.4. The van der Waals surface area contributed by atoms with Gasteiger partial charge in [0, 0.05) is 0 Å². The van der Waals surface area contributed by atoms with E-state index in [-0.39, 0.29) is 0 Å². The maximum Gasteiger partial charge on any atom is 0.534 e. The van der Waals surface area contributed by atoms with Crippen molar-refractivity contribution in [3.63, 3.8) is 0 Å². The van der Waals surface area contributed by atoms with Gasteiger partial charge in [0.05, 0.1) is 0 Å². The molecule has 0 aliphatic rings. The third-order valence-electron chi connectivity index (χ3n) is 18.9. The second kappa shape index (κ2) is 25.6. The smallest absolute Gasteiger partial charge is 0.423 e. The monoisotopic (exact) mass is 1310 g/mol. The highest BCUT2D eigenvalue weighted by molar-refractivity contribution is 7.88. The lowest BCUT2D eigenvalue weighted by molar-refractivity contribution is -0.0500. The van der Waals surface area contributed by atoms with Crippen molar-refractivity contribution in [2.75, 3.05) is 0 Å². The minimum atomic E-state index is -5.79. The first-order chi connectivity index (χ1) is 48.3. The molecule has 18 aromatic rings. The molecular weight excluding hydrogens is 1250 g/mol. The average Bonchev–Trinajstić information content (AvgIpc) is 0.734. The van der Waals surface area contributed by atoms with Crippen LogP contribution in [0.1, 0.15) is 0 Å². The Morgan fingerprint density at radius 2 is 0.556 bits per heavy atom. The van der Waals surface area contributed by atoms with Gasteiger partial charge in [-0.15, -0.1) is 0 Å². The molecule has 0 unspecified atom stereocenters. The summed E-state index contributed by atoms with van der Waals surface area (Å²) in [5.41, 5.74) is 6.66. The van der Waals surface area contributed by atoms with E-state index in [9.17, 15) is 21.6 Å². The van der Waals surface area contributed by atoms with Gasteiger partial charge in [-0.25, -0.2) is 0 Å². The quantitative estimate of drug-likeness (QED) is 0.0685. The number of alkyl halides is 3. The lowest BCUT2D eigenvalue weighted by Crippen LogP contribution is -2.29. The second-order valence-corrected chi connectivity index (χ2v) is 26.3. The molecule has 0 saturated heterocycles. The van der Waals surface area contributed by atoms with Crippen molar-refractivity contribution in [1.82, 2.24) is 0 Å². The van der Waals surface area contributed by atoms with Crippen LogP contribution < -0.4 is 9.65 Å². The molecule has 0 heterocycles. The van der Waals surface area contributed by atoms with Gasteiger partial charge in [-0.1, -0.05) is 303 Å². The molecule has 18 aromatic carbocycles. The number of halogens is 3. The van der Waals surface area contributed by atoms with Crippen LogP contribution in [0.25, 0.3) is 163 Å². The predicted octanol–water partition coefficient (Wildman–Crippen LogP) is 22.8. The molecule has 0 spiro atoms. The third kappa shape index (κ3) is 11.7. The summed E-state index contributed by atoms with van der Waals surface area (Å²) in [6.45, 7) is 0. The van der Waals surface area contributed by atoms with Crippen LogP contribution in [0.2, 0.25) is 0 Å². The summed E-state index contributed by atoms with van der Waals surface area (Å²) in [7, 11) is -7.17. The Morgan fingerprint density at radius 1 is 0.263 bits per heavy atom. The van der Waals surface area contributed by atoms with Crippen molar-refractivity contribution in [3.8, 4) is 61.4 Å². The zero-order valence-electron chi connectivity index (χ0n) is 53.1. The molecule has 0 aromatic heterocycles. The number of benzene rings is 18. The zero-order valence-corrected chi connectivity index (χ0v) is 53.9. The van der Waals surface area contributed by atoms with E-state index in [1.807, 2.05) is 84.9 Å². The number of fused-ring (bicyclic) bond motifs is 10. The first kappa shape index (κ1) is 61.9. The van der Waals surface area contributed by atoms with Crippen molar-refractivity contribution in [2.24, 2.45) is 0 Å². The van der Waals surface area contributed by atoms with E-state index < -0.39 is 28.5 Å². The molecule has 10 heteroatoms. The van der Waals surface area contributed by atoms with E-state index in [0.717, 1.165) is 70.7 Å². The van der Waals surface area contributed by atoms with Crippen molar-refractivity contribution >= 4 is 130 Å². The van der Waals surface area contributed by atoms with Gasteiger partial charge in [0.2, 0.25) is 0 Å². The fraction of sp³-hybridized carbons (Fsp3) is 0.0112. The highest BCUT2D eigenvalue weighted by atomic mass is 32.2. The Kier molecular flexibility index (Phi) is 16.0. The van der Waals surface area contributed by atoms with Crippen LogP contribution in [0.4, 0.5) is 13.2 Å². The Morgan fingerprint density at radius 3 is 0.970 bits per heavy atom. The van der Waals surface area contributed by atoms with Crippen molar-refractivity contribution in [3.05, 3.63) is 340 Å². The standard InChI is InChI=1S/C44H28.C35H21F3O3S.C10H9BO2/c1-2-12-32-26-33(23-20-29(32)10-1)34-24-21-30-22-25-35(28-36(30)27-34)43-39-15-5-7-17-41(39)44(42-18-8-6-16-40(42)43)38-19-9-13-31-11-3-4-14-37(31)38;36-35(37,38)42(39,40)41-26-19-18-22-16-17-24(20-25(22)21-26)33-29-11-3-5-13-31(29)34(32-14-6-4-12-30(32)33)28-15-7-9-23-8-1-2-10-27(23)28;12-11(13)10-6-5-8-3-1-2-4-9(8)7-10/h1-28H;1-21H;1-7,12-13H. The second-order valence-electron chi connectivity index (χ2n) is 24.8. The van der Waals surface area contributed by atoms with E-state index in [1.165, 1.54) is 99.4 Å². The lowest BCUT2D eigenvalue weighted by atomic mass is 9.79. The predicted molar refractivity (Wildman–Crippen MR) is 407 cm³/mol. The molecule has 2 N–H and O–H groups in total. The van der Waals surface area contributed by atoms with E-state index in [1.54, 1.807) is 18.2 Å². The normalized spacial score (nSPS) is 11.8. The van der Waals surface area contributed by atoms with Crippen LogP contribution in [0.5, 0.6) is 5.75 Å². The Labute approximate surface area is 569 Å². The Balaban J connectivity index is 0.000000131. The van der Waals surface area contributed by atoms with E-state index in [4.69, 9.17) is 10.0 Å². The largest absolute Gasteiger partial charge is 0.534 e. The minimum Gasteiger partial charge on any atom is -0.423 e. The molecule has 0 aliphatic heterocycles. The molecule has 0 atom stereocenters.